The van der Waals surface area contributed by atoms with E-state index < -0.39 is 11.7 Å². The van der Waals surface area contributed by atoms with Crippen LogP contribution in [0.3, 0.4) is 0 Å². The maximum atomic E-state index is 14.2. The number of benzene rings is 2. The molecule has 0 saturated carbocycles. The van der Waals surface area contributed by atoms with Gasteiger partial charge in [0.2, 0.25) is 5.91 Å². The molecule has 5 nitrogen and oxygen atoms in total. The summed E-state index contributed by atoms with van der Waals surface area (Å²) in [6.45, 7) is 6.60. The molecule has 2 aromatic carbocycles. The number of halogens is 1. The first-order valence-electron chi connectivity index (χ1n) is 8.91. The Balaban J connectivity index is 1.89. The van der Waals surface area contributed by atoms with Gasteiger partial charge < -0.3 is 15.3 Å². The lowest BCUT2D eigenvalue weighted by Gasteiger charge is -2.21. The van der Waals surface area contributed by atoms with Gasteiger partial charge in [0.05, 0.1) is 11.3 Å². The Morgan fingerprint density at radius 3 is 2.56 bits per heavy atom. The van der Waals surface area contributed by atoms with Gasteiger partial charge in [0, 0.05) is 18.7 Å². The monoisotopic (exact) mass is 370 g/mol. The third-order valence-corrected chi connectivity index (χ3v) is 4.69. The lowest BCUT2D eigenvalue weighted by molar-refractivity contribution is -0.117. The number of carbonyl (C=O) groups excluding carboxylic acids is 2. The topological polar surface area (TPSA) is 69.6 Å². The highest BCUT2D eigenvalue weighted by atomic mass is 19.1. The molecule has 0 bridgehead atoms. The number of anilines is 2. The zero-order valence-electron chi connectivity index (χ0n) is 15.7. The molecule has 0 unspecified atom stereocenters. The van der Waals surface area contributed by atoms with E-state index in [0.29, 0.717) is 18.7 Å². The van der Waals surface area contributed by atoms with Crippen molar-refractivity contribution in [2.75, 3.05) is 16.8 Å². The number of rotatable bonds is 3. The highest BCUT2D eigenvalue weighted by Gasteiger charge is 2.24. The number of hydrogen-bond acceptors (Lipinski definition) is 3. The van der Waals surface area contributed by atoms with Gasteiger partial charge in [-0.25, -0.2) is 4.39 Å². The van der Waals surface area contributed by atoms with Crippen molar-refractivity contribution >= 4 is 23.2 Å². The number of amides is 2. The Bertz CT molecular complexity index is 903. The molecule has 1 fully saturated rings. The molecule has 2 aromatic rings. The van der Waals surface area contributed by atoms with E-state index in [9.17, 15) is 19.1 Å². The third-order valence-electron chi connectivity index (χ3n) is 4.69. The Morgan fingerprint density at radius 1 is 1.19 bits per heavy atom. The van der Waals surface area contributed by atoms with Crippen LogP contribution in [0.5, 0.6) is 5.75 Å². The van der Waals surface area contributed by atoms with Gasteiger partial charge in [-0.1, -0.05) is 26.8 Å². The molecule has 27 heavy (non-hydrogen) atoms. The average Bonchev–Trinajstić information content (AvgIpc) is 3.02. The minimum Gasteiger partial charge on any atom is -0.506 e. The molecule has 0 spiro atoms. The van der Waals surface area contributed by atoms with Crippen molar-refractivity contribution in [3.8, 4) is 5.75 Å². The second-order valence-corrected chi connectivity index (χ2v) is 7.75. The van der Waals surface area contributed by atoms with Crippen molar-refractivity contribution in [2.45, 2.75) is 39.0 Å². The van der Waals surface area contributed by atoms with Crippen molar-refractivity contribution in [1.29, 1.82) is 0 Å². The number of phenols is 1. The number of nitrogens with zero attached hydrogens (tertiary/aromatic N) is 1. The van der Waals surface area contributed by atoms with E-state index in [1.807, 2.05) is 20.8 Å². The number of phenolic OH excluding ortho intramolecular Hbond substituents is 1. The summed E-state index contributed by atoms with van der Waals surface area (Å²) in [5.41, 5.74) is 1.29. The second-order valence-electron chi connectivity index (χ2n) is 7.75. The van der Waals surface area contributed by atoms with Gasteiger partial charge in [-0.2, -0.15) is 0 Å². The zero-order chi connectivity index (χ0) is 19.8. The van der Waals surface area contributed by atoms with E-state index in [-0.39, 0.29) is 28.3 Å². The van der Waals surface area contributed by atoms with Crippen molar-refractivity contribution in [1.82, 2.24) is 0 Å². The van der Waals surface area contributed by atoms with Crippen LogP contribution in [0, 0.1) is 5.82 Å². The molecule has 1 saturated heterocycles. The number of hydrogen-bond donors (Lipinski definition) is 2. The SMILES string of the molecule is CC(C)(C)c1ccc(O)c(NC(=O)c2cc(N3CCCC3=O)ccc2F)c1. The summed E-state index contributed by atoms with van der Waals surface area (Å²) in [5.74, 6) is -1.50. The van der Waals surface area contributed by atoms with E-state index >= 15 is 0 Å². The molecule has 0 radical (unpaired) electrons. The largest absolute Gasteiger partial charge is 0.506 e. The molecular weight excluding hydrogens is 347 g/mol. The van der Waals surface area contributed by atoms with E-state index in [0.717, 1.165) is 12.0 Å². The van der Waals surface area contributed by atoms with Crippen molar-refractivity contribution in [3.63, 3.8) is 0 Å². The summed E-state index contributed by atoms with van der Waals surface area (Å²) in [4.78, 5) is 26.1. The van der Waals surface area contributed by atoms with Gasteiger partial charge in [0.1, 0.15) is 11.6 Å². The summed E-state index contributed by atoms with van der Waals surface area (Å²) in [6, 6.07) is 9.02. The number of nitrogens with one attached hydrogen (secondary N) is 1. The fraction of sp³-hybridized carbons (Fsp3) is 0.333. The molecule has 6 heteroatoms. The molecule has 0 aliphatic carbocycles. The molecule has 1 aliphatic rings. The van der Waals surface area contributed by atoms with E-state index in [2.05, 4.69) is 5.32 Å². The highest BCUT2D eigenvalue weighted by molar-refractivity contribution is 6.06. The normalized spacial score (nSPS) is 14.5. The second kappa shape index (κ2) is 7.02. The van der Waals surface area contributed by atoms with Crippen molar-refractivity contribution in [2.24, 2.45) is 0 Å². The van der Waals surface area contributed by atoms with E-state index in [1.165, 1.54) is 24.3 Å². The van der Waals surface area contributed by atoms with Gasteiger partial charge >= 0.3 is 0 Å². The lowest BCUT2D eigenvalue weighted by Crippen LogP contribution is -2.24. The average molecular weight is 370 g/mol. The van der Waals surface area contributed by atoms with E-state index in [1.54, 1.807) is 17.0 Å². The fourth-order valence-electron chi connectivity index (χ4n) is 3.07. The summed E-state index contributed by atoms with van der Waals surface area (Å²) < 4.78 is 14.2. The van der Waals surface area contributed by atoms with Gasteiger partial charge in [-0.15, -0.1) is 0 Å². The molecule has 2 amide bonds. The van der Waals surface area contributed by atoms with Gasteiger partial charge in [-0.05, 0) is 47.7 Å². The molecule has 3 rings (SSSR count). The summed E-state index contributed by atoms with van der Waals surface area (Å²) in [5, 5.41) is 12.6. The van der Waals surface area contributed by atoms with E-state index in [4.69, 9.17) is 0 Å². The molecule has 1 aliphatic heterocycles. The third kappa shape index (κ3) is 3.94. The van der Waals surface area contributed by atoms with Crippen molar-refractivity contribution in [3.05, 3.63) is 53.3 Å². The maximum Gasteiger partial charge on any atom is 0.258 e. The van der Waals surface area contributed by atoms with Gasteiger partial charge in [0.25, 0.3) is 5.91 Å². The van der Waals surface area contributed by atoms with Crippen LogP contribution in [0.15, 0.2) is 36.4 Å². The van der Waals surface area contributed by atoms with Crippen LogP contribution < -0.4 is 10.2 Å². The van der Waals surface area contributed by atoms with Gasteiger partial charge in [-0.3, -0.25) is 9.59 Å². The maximum absolute atomic E-state index is 14.2. The van der Waals surface area contributed by atoms with Crippen LogP contribution in [0.1, 0.15) is 49.5 Å². The summed E-state index contributed by atoms with van der Waals surface area (Å²) in [7, 11) is 0. The highest BCUT2D eigenvalue weighted by Crippen LogP contribution is 2.31. The predicted octanol–water partition coefficient (Wildman–Crippen LogP) is 4.21. The lowest BCUT2D eigenvalue weighted by atomic mass is 9.87. The first kappa shape index (κ1) is 18.9. The molecule has 2 N–H and O–H groups in total. The predicted molar refractivity (Wildman–Crippen MR) is 103 cm³/mol. The van der Waals surface area contributed by atoms with Crippen LogP contribution in [0.25, 0.3) is 0 Å². The van der Waals surface area contributed by atoms with Crippen LogP contribution >= 0.6 is 0 Å². The zero-order valence-corrected chi connectivity index (χ0v) is 15.7. The first-order chi connectivity index (χ1) is 12.7. The minimum atomic E-state index is -0.686. The van der Waals surface area contributed by atoms with Crippen LogP contribution in [0.2, 0.25) is 0 Å². The quantitative estimate of drug-likeness (QED) is 0.795. The van der Waals surface area contributed by atoms with Crippen molar-refractivity contribution < 1.29 is 19.1 Å². The van der Waals surface area contributed by atoms with Gasteiger partial charge in [0.15, 0.2) is 0 Å². The number of aromatic hydroxyl groups is 1. The fourth-order valence-corrected chi connectivity index (χ4v) is 3.07. The molecule has 0 aromatic heterocycles. The first-order valence-corrected chi connectivity index (χ1v) is 8.91. The summed E-state index contributed by atoms with van der Waals surface area (Å²) in [6.07, 6.45) is 1.19. The Morgan fingerprint density at radius 2 is 1.93 bits per heavy atom. The standard InChI is InChI=1S/C21H23FN2O3/c1-21(2,3)13-6-9-18(25)17(11-13)23-20(27)15-12-14(7-8-16(15)22)24-10-4-5-19(24)26/h6-9,11-12,25H,4-5,10H2,1-3H3,(H,23,27). The smallest absolute Gasteiger partial charge is 0.258 e. The van der Waals surface area contributed by atoms with Crippen LogP contribution in [0.4, 0.5) is 15.8 Å². The Hall–Kier alpha value is -2.89. The molecule has 142 valence electrons. The Labute approximate surface area is 157 Å². The Kier molecular flexibility index (Phi) is 4.91. The molecule has 1 heterocycles. The molecule has 0 atom stereocenters. The minimum absolute atomic E-state index is 0.0384. The summed E-state index contributed by atoms with van der Waals surface area (Å²) >= 11 is 0. The number of carbonyl (C=O) groups is 2. The van der Waals surface area contributed by atoms with Crippen LogP contribution in [-0.4, -0.2) is 23.5 Å². The van der Waals surface area contributed by atoms with Crippen LogP contribution in [-0.2, 0) is 10.2 Å². The molecular formula is C21H23FN2O3.